The van der Waals surface area contributed by atoms with E-state index in [2.05, 4.69) is 24.8 Å². The molecule has 4 atom stereocenters. The lowest BCUT2D eigenvalue weighted by Gasteiger charge is -2.27. The number of ether oxygens (including phenoxy) is 1. The first-order chi connectivity index (χ1) is 13.8. The summed E-state index contributed by atoms with van der Waals surface area (Å²) in [6.45, 7) is -0.482. The molecule has 1 saturated heterocycles. The van der Waals surface area contributed by atoms with Gasteiger partial charge in [-0.05, 0) is 12.1 Å². The number of aliphatic imine (C=N–C) groups is 3. The van der Waals surface area contributed by atoms with Crippen molar-refractivity contribution in [3.05, 3.63) is 30.3 Å². The summed E-state index contributed by atoms with van der Waals surface area (Å²) < 4.78 is 20.9. The second-order valence-corrected chi connectivity index (χ2v) is 7.76. The maximum Gasteiger partial charge on any atom is 0.469 e. The number of aliphatic hydroxyl groups is 1. The molecule has 0 aliphatic carbocycles. The number of nitrogens with zero attached hydrogens (tertiary/aromatic N) is 4. The molecule has 1 fully saturated rings. The number of guanidine groups is 1. The quantitative estimate of drug-likeness (QED) is 0.460. The molecular weight excluding hydrogens is 405 g/mol. The van der Waals surface area contributed by atoms with Crippen LogP contribution in [-0.4, -0.2) is 74.9 Å². The van der Waals surface area contributed by atoms with Crippen LogP contribution in [0.5, 0.6) is 0 Å². The van der Waals surface area contributed by atoms with Crippen molar-refractivity contribution in [2.45, 2.75) is 30.9 Å². The van der Waals surface area contributed by atoms with Crippen molar-refractivity contribution in [1.82, 2.24) is 10.2 Å². The highest BCUT2D eigenvalue weighted by atomic mass is 31.2. The molecule has 4 rings (SSSR count). The summed E-state index contributed by atoms with van der Waals surface area (Å²) in [6.07, 6.45) is -1.20. The van der Waals surface area contributed by atoms with Gasteiger partial charge in [-0.1, -0.05) is 18.2 Å². The first kappa shape index (κ1) is 19.8. The number of carbonyl (C=O) groups is 1. The topological polar surface area (TPSA) is 166 Å². The molecule has 29 heavy (non-hydrogen) atoms. The standard InChI is InChI=1S/C16H18N5O7P/c22-10-6-12(28-11(10)7-27-29(24,25)26)21-8-17-13-14(21)19-16(20-15(13)23)18-9-4-2-1-3-5-9/h1-5,8,10-13,22H,6-7H2,(H,18,20,23)(H2,24,25,26)/t10-,11+,12+,13?/m0/s1. The third-order valence-electron chi connectivity index (χ3n) is 4.47. The Morgan fingerprint density at radius 3 is 2.83 bits per heavy atom. The third kappa shape index (κ3) is 4.42. The van der Waals surface area contributed by atoms with Gasteiger partial charge in [0.05, 0.1) is 24.7 Å². The maximum atomic E-state index is 12.4. The monoisotopic (exact) mass is 423 g/mol. The fraction of sp³-hybridized carbons (Fsp3) is 0.375. The summed E-state index contributed by atoms with van der Waals surface area (Å²) in [5.74, 6) is -0.0107. The molecule has 0 aromatic heterocycles. The van der Waals surface area contributed by atoms with Crippen molar-refractivity contribution in [2.24, 2.45) is 15.0 Å². The minimum absolute atomic E-state index is 0.0999. The van der Waals surface area contributed by atoms with Crippen LogP contribution in [0.1, 0.15) is 6.42 Å². The number of nitrogens with one attached hydrogen (secondary N) is 1. The van der Waals surface area contributed by atoms with Crippen molar-refractivity contribution in [3.8, 4) is 0 Å². The summed E-state index contributed by atoms with van der Waals surface area (Å²) in [5.41, 5.74) is 0.609. The van der Waals surface area contributed by atoms with E-state index in [9.17, 15) is 14.5 Å². The zero-order chi connectivity index (χ0) is 20.6. The Morgan fingerprint density at radius 2 is 2.10 bits per heavy atom. The maximum absolute atomic E-state index is 12.4. The van der Waals surface area contributed by atoms with Crippen LogP contribution < -0.4 is 5.32 Å². The van der Waals surface area contributed by atoms with E-state index in [-0.39, 0.29) is 18.2 Å². The van der Waals surface area contributed by atoms with E-state index in [1.165, 1.54) is 11.2 Å². The molecule has 1 amide bonds. The molecule has 3 aliphatic rings. The van der Waals surface area contributed by atoms with Crippen LogP contribution in [0.25, 0.3) is 0 Å². The fourth-order valence-corrected chi connectivity index (χ4v) is 3.47. The number of fused-ring (bicyclic) bond motifs is 1. The molecule has 3 aliphatic heterocycles. The van der Waals surface area contributed by atoms with Crippen molar-refractivity contribution >= 4 is 37.6 Å². The van der Waals surface area contributed by atoms with Gasteiger partial charge in [0, 0.05) is 6.42 Å². The summed E-state index contributed by atoms with van der Waals surface area (Å²) >= 11 is 0. The van der Waals surface area contributed by atoms with E-state index in [4.69, 9.17) is 14.5 Å². The average Bonchev–Trinajstić information content (AvgIpc) is 3.24. The van der Waals surface area contributed by atoms with Gasteiger partial charge in [0.2, 0.25) is 5.96 Å². The normalized spacial score (nSPS) is 30.4. The van der Waals surface area contributed by atoms with Crippen molar-refractivity contribution in [2.75, 3.05) is 6.61 Å². The Bertz CT molecular complexity index is 931. The lowest BCUT2D eigenvalue weighted by atomic mass is 10.1. The van der Waals surface area contributed by atoms with Crippen LogP contribution in [0.4, 0.5) is 5.69 Å². The summed E-state index contributed by atoms with van der Waals surface area (Å²) in [7, 11) is -4.69. The molecule has 154 valence electrons. The van der Waals surface area contributed by atoms with Crippen LogP contribution in [0.3, 0.4) is 0 Å². The highest BCUT2D eigenvalue weighted by Gasteiger charge is 2.45. The number of aliphatic hydroxyl groups excluding tert-OH is 1. The van der Waals surface area contributed by atoms with E-state index in [0.717, 1.165) is 0 Å². The molecular formula is C16H18N5O7P. The number of benzene rings is 1. The number of carbonyl (C=O) groups excluding carboxylic acids is 1. The Morgan fingerprint density at radius 1 is 1.34 bits per heavy atom. The molecule has 0 radical (unpaired) electrons. The Hall–Kier alpha value is -2.47. The number of hydrogen-bond donors (Lipinski definition) is 4. The van der Waals surface area contributed by atoms with Crippen LogP contribution in [-0.2, 0) is 18.6 Å². The molecule has 1 aromatic rings. The largest absolute Gasteiger partial charge is 0.469 e. The predicted octanol–water partition coefficient (Wildman–Crippen LogP) is -0.500. The summed E-state index contributed by atoms with van der Waals surface area (Å²) in [4.78, 5) is 44.3. The van der Waals surface area contributed by atoms with Gasteiger partial charge < -0.3 is 19.6 Å². The van der Waals surface area contributed by atoms with E-state index in [0.29, 0.717) is 5.69 Å². The highest BCUT2D eigenvalue weighted by Crippen LogP contribution is 2.37. The van der Waals surface area contributed by atoms with Crippen molar-refractivity contribution in [1.29, 1.82) is 0 Å². The van der Waals surface area contributed by atoms with E-state index in [1.54, 1.807) is 24.3 Å². The van der Waals surface area contributed by atoms with E-state index in [1.807, 2.05) is 6.07 Å². The van der Waals surface area contributed by atoms with Crippen LogP contribution in [0.2, 0.25) is 0 Å². The Labute approximate surface area is 164 Å². The Balaban J connectivity index is 1.52. The van der Waals surface area contributed by atoms with Crippen molar-refractivity contribution < 1.29 is 33.5 Å². The number of para-hydroxylation sites is 1. The van der Waals surface area contributed by atoms with Gasteiger partial charge in [-0.25, -0.2) is 9.56 Å². The highest BCUT2D eigenvalue weighted by molar-refractivity contribution is 7.46. The number of amidine groups is 1. The zero-order valence-corrected chi connectivity index (χ0v) is 15.8. The average molecular weight is 423 g/mol. The lowest BCUT2D eigenvalue weighted by Crippen LogP contribution is -2.51. The molecule has 0 spiro atoms. The summed E-state index contributed by atoms with van der Waals surface area (Å²) in [6, 6.07) is 8.10. The number of phosphoric acid groups is 1. The second-order valence-electron chi connectivity index (χ2n) is 6.52. The molecule has 1 unspecified atom stereocenters. The zero-order valence-electron chi connectivity index (χ0n) is 14.9. The first-order valence-corrected chi connectivity index (χ1v) is 10.2. The fourth-order valence-electron chi connectivity index (χ4n) is 3.13. The van der Waals surface area contributed by atoms with Gasteiger partial charge >= 0.3 is 7.82 Å². The second kappa shape index (κ2) is 7.75. The Kier molecular flexibility index (Phi) is 5.30. The third-order valence-corrected chi connectivity index (χ3v) is 4.95. The lowest BCUT2D eigenvalue weighted by molar-refractivity contribution is -0.119. The minimum Gasteiger partial charge on any atom is -0.390 e. The molecule has 4 N–H and O–H groups in total. The molecule has 13 heteroatoms. The van der Waals surface area contributed by atoms with Crippen LogP contribution in [0, 0.1) is 0 Å². The molecule has 3 heterocycles. The van der Waals surface area contributed by atoms with Gasteiger partial charge in [0.15, 0.2) is 11.9 Å². The van der Waals surface area contributed by atoms with Gasteiger partial charge in [-0.3, -0.25) is 24.5 Å². The number of phosphoric ester groups is 1. The van der Waals surface area contributed by atoms with E-state index >= 15 is 0 Å². The van der Waals surface area contributed by atoms with Crippen molar-refractivity contribution in [3.63, 3.8) is 0 Å². The smallest absolute Gasteiger partial charge is 0.390 e. The van der Waals surface area contributed by atoms with Gasteiger partial charge in [0.25, 0.3) is 5.91 Å². The molecule has 12 nitrogen and oxygen atoms in total. The molecule has 0 bridgehead atoms. The summed E-state index contributed by atoms with van der Waals surface area (Å²) in [5, 5.41) is 12.7. The predicted molar refractivity (Wildman–Crippen MR) is 101 cm³/mol. The number of rotatable bonds is 5. The van der Waals surface area contributed by atoms with Gasteiger partial charge in [-0.15, -0.1) is 0 Å². The minimum atomic E-state index is -4.69. The van der Waals surface area contributed by atoms with Gasteiger partial charge in [-0.2, -0.15) is 4.99 Å². The van der Waals surface area contributed by atoms with Crippen LogP contribution in [0.15, 0.2) is 45.3 Å². The number of amides is 1. The molecule has 0 saturated carbocycles. The SMILES string of the molecule is O=C1NC(=Nc2ccccc2)N=C2C1N=CN2[C@H]1C[C@H](O)[C@@H](COP(=O)(O)O)O1. The van der Waals surface area contributed by atoms with E-state index < -0.39 is 44.8 Å². The molecule has 1 aromatic carbocycles. The number of hydrogen-bond acceptors (Lipinski definition) is 8. The first-order valence-electron chi connectivity index (χ1n) is 8.68. The van der Waals surface area contributed by atoms with Crippen LogP contribution >= 0.6 is 7.82 Å². The van der Waals surface area contributed by atoms with Gasteiger partial charge in [0.1, 0.15) is 12.3 Å².